The van der Waals surface area contributed by atoms with Gasteiger partial charge in [-0.3, -0.25) is 4.98 Å². The van der Waals surface area contributed by atoms with Crippen molar-refractivity contribution in [2.75, 3.05) is 38.5 Å². The number of fused-ring (bicyclic) bond motifs is 1. The lowest BCUT2D eigenvalue weighted by Gasteiger charge is -2.16. The zero-order chi connectivity index (χ0) is 15.1. The Bertz CT molecular complexity index is 573. The summed E-state index contributed by atoms with van der Waals surface area (Å²) >= 11 is 6.00. The van der Waals surface area contributed by atoms with Crippen LogP contribution in [0.2, 0.25) is 5.02 Å². The van der Waals surface area contributed by atoms with E-state index in [1.807, 2.05) is 30.5 Å². The molecule has 1 aromatic carbocycles. The van der Waals surface area contributed by atoms with Gasteiger partial charge in [-0.1, -0.05) is 11.6 Å². The fourth-order valence-corrected chi connectivity index (χ4v) is 2.49. The Labute approximate surface area is 131 Å². The van der Waals surface area contributed by atoms with Crippen LogP contribution in [0, 0.1) is 0 Å². The van der Waals surface area contributed by atoms with E-state index in [1.54, 1.807) is 0 Å². The van der Waals surface area contributed by atoms with Crippen molar-refractivity contribution in [1.82, 2.24) is 9.88 Å². The molecule has 2 rings (SSSR count). The average Bonchev–Trinajstić information content (AvgIpc) is 2.49. The first-order valence-electron chi connectivity index (χ1n) is 7.37. The number of anilines is 1. The monoisotopic (exact) mass is 306 g/mol. The number of benzene rings is 1. The first-order valence-corrected chi connectivity index (χ1v) is 7.75. The predicted molar refractivity (Wildman–Crippen MR) is 91.0 cm³/mol. The molecule has 0 aliphatic rings. The second kappa shape index (κ2) is 8.17. The summed E-state index contributed by atoms with van der Waals surface area (Å²) in [6, 6.07) is 7.81. The Balaban J connectivity index is 1.86. The second-order valence-corrected chi connectivity index (χ2v) is 5.68. The largest absolute Gasteiger partial charge is 0.384 e. The predicted octanol–water partition coefficient (Wildman–Crippen LogP) is 2.97. The minimum Gasteiger partial charge on any atom is -0.384 e. The maximum Gasteiger partial charge on any atom is 0.0737 e. The van der Waals surface area contributed by atoms with Gasteiger partial charge in [0.15, 0.2) is 0 Å². The zero-order valence-electron chi connectivity index (χ0n) is 12.5. The van der Waals surface area contributed by atoms with E-state index in [-0.39, 0.29) is 0 Å². The highest BCUT2D eigenvalue weighted by Crippen LogP contribution is 2.24. The van der Waals surface area contributed by atoms with Gasteiger partial charge in [0.2, 0.25) is 0 Å². The third-order valence-electron chi connectivity index (χ3n) is 3.48. The van der Waals surface area contributed by atoms with E-state index in [4.69, 9.17) is 17.3 Å². The van der Waals surface area contributed by atoms with Crippen molar-refractivity contribution in [2.24, 2.45) is 5.73 Å². The summed E-state index contributed by atoms with van der Waals surface area (Å²) in [4.78, 5) is 6.67. The van der Waals surface area contributed by atoms with Gasteiger partial charge in [0.25, 0.3) is 0 Å². The number of nitrogens with one attached hydrogen (secondary N) is 1. The first kappa shape index (κ1) is 16.0. The summed E-state index contributed by atoms with van der Waals surface area (Å²) in [5.74, 6) is 0. The van der Waals surface area contributed by atoms with Crippen molar-refractivity contribution < 1.29 is 0 Å². The number of aromatic nitrogens is 1. The Hall–Kier alpha value is -1.36. The van der Waals surface area contributed by atoms with Crippen molar-refractivity contribution in [3.63, 3.8) is 0 Å². The van der Waals surface area contributed by atoms with Crippen LogP contribution in [0.1, 0.15) is 12.8 Å². The van der Waals surface area contributed by atoms with E-state index in [0.717, 1.165) is 55.6 Å². The summed E-state index contributed by atoms with van der Waals surface area (Å²) in [6.45, 7) is 3.83. The molecule has 0 unspecified atom stereocenters. The number of rotatable bonds is 8. The molecule has 21 heavy (non-hydrogen) atoms. The molecule has 0 saturated heterocycles. The lowest BCUT2D eigenvalue weighted by Crippen LogP contribution is -2.24. The molecule has 0 saturated carbocycles. The topological polar surface area (TPSA) is 54.2 Å². The van der Waals surface area contributed by atoms with E-state index < -0.39 is 0 Å². The smallest absolute Gasteiger partial charge is 0.0737 e. The SMILES string of the molecule is CN(CCCN)CCCNc1ccnc2cc(Cl)ccc12. The molecule has 0 amide bonds. The van der Waals surface area contributed by atoms with Crippen molar-refractivity contribution in [2.45, 2.75) is 12.8 Å². The number of nitrogens with zero attached hydrogens (tertiary/aromatic N) is 2. The van der Waals surface area contributed by atoms with Crippen molar-refractivity contribution in [3.05, 3.63) is 35.5 Å². The van der Waals surface area contributed by atoms with Gasteiger partial charge in [-0.05, 0) is 63.8 Å². The van der Waals surface area contributed by atoms with Crippen LogP contribution >= 0.6 is 11.6 Å². The highest BCUT2D eigenvalue weighted by atomic mass is 35.5. The highest BCUT2D eigenvalue weighted by molar-refractivity contribution is 6.31. The van der Waals surface area contributed by atoms with E-state index >= 15 is 0 Å². The molecule has 1 aromatic heterocycles. The van der Waals surface area contributed by atoms with Gasteiger partial charge in [-0.15, -0.1) is 0 Å². The molecule has 0 aliphatic carbocycles. The van der Waals surface area contributed by atoms with E-state index in [9.17, 15) is 0 Å². The molecule has 114 valence electrons. The number of hydrogen-bond acceptors (Lipinski definition) is 4. The minimum atomic E-state index is 0.716. The van der Waals surface area contributed by atoms with E-state index in [1.165, 1.54) is 0 Å². The van der Waals surface area contributed by atoms with Crippen LogP contribution in [-0.2, 0) is 0 Å². The third-order valence-corrected chi connectivity index (χ3v) is 3.72. The summed E-state index contributed by atoms with van der Waals surface area (Å²) < 4.78 is 0. The van der Waals surface area contributed by atoms with Gasteiger partial charge in [-0.25, -0.2) is 0 Å². The average molecular weight is 307 g/mol. The molecule has 0 radical (unpaired) electrons. The molecule has 0 aliphatic heterocycles. The lowest BCUT2D eigenvalue weighted by atomic mass is 10.2. The molecule has 1 heterocycles. The molecule has 0 fully saturated rings. The molecule has 5 heteroatoms. The van der Waals surface area contributed by atoms with Crippen LogP contribution in [0.25, 0.3) is 10.9 Å². The molecule has 4 nitrogen and oxygen atoms in total. The molecular formula is C16H23ClN4. The summed E-state index contributed by atoms with van der Waals surface area (Å²) in [5, 5.41) is 5.31. The molecular weight excluding hydrogens is 284 g/mol. The third kappa shape index (κ3) is 4.84. The normalized spacial score (nSPS) is 11.2. The van der Waals surface area contributed by atoms with Crippen LogP contribution in [0.3, 0.4) is 0 Å². The quantitative estimate of drug-likeness (QED) is 0.736. The van der Waals surface area contributed by atoms with Crippen molar-refractivity contribution in [3.8, 4) is 0 Å². The summed E-state index contributed by atoms with van der Waals surface area (Å²) in [7, 11) is 2.14. The highest BCUT2D eigenvalue weighted by Gasteiger charge is 2.02. The molecule has 0 bridgehead atoms. The van der Waals surface area contributed by atoms with Gasteiger partial charge in [-0.2, -0.15) is 0 Å². The fraction of sp³-hybridized carbons (Fsp3) is 0.438. The maximum atomic E-state index is 6.00. The lowest BCUT2D eigenvalue weighted by molar-refractivity contribution is 0.330. The van der Waals surface area contributed by atoms with Crippen molar-refractivity contribution >= 4 is 28.2 Å². The van der Waals surface area contributed by atoms with Gasteiger partial charge in [0.05, 0.1) is 5.52 Å². The maximum absolute atomic E-state index is 6.00. The molecule has 3 N–H and O–H groups in total. The van der Waals surface area contributed by atoms with Crippen LogP contribution in [0.4, 0.5) is 5.69 Å². The van der Waals surface area contributed by atoms with Gasteiger partial charge in [0, 0.05) is 28.8 Å². The van der Waals surface area contributed by atoms with Gasteiger partial charge < -0.3 is 16.0 Å². The molecule has 2 aromatic rings. The van der Waals surface area contributed by atoms with Gasteiger partial charge in [0.1, 0.15) is 0 Å². The van der Waals surface area contributed by atoms with Crippen molar-refractivity contribution in [1.29, 1.82) is 0 Å². The van der Waals surface area contributed by atoms with E-state index in [2.05, 4.69) is 22.2 Å². The van der Waals surface area contributed by atoms with Gasteiger partial charge >= 0.3 is 0 Å². The Morgan fingerprint density at radius 2 is 2.05 bits per heavy atom. The second-order valence-electron chi connectivity index (χ2n) is 5.25. The Morgan fingerprint density at radius 1 is 1.24 bits per heavy atom. The number of halogens is 1. The minimum absolute atomic E-state index is 0.716. The number of pyridine rings is 1. The van der Waals surface area contributed by atoms with Crippen LogP contribution in [0.15, 0.2) is 30.5 Å². The van der Waals surface area contributed by atoms with Crippen LogP contribution < -0.4 is 11.1 Å². The van der Waals surface area contributed by atoms with E-state index in [0.29, 0.717) is 5.02 Å². The Kier molecular flexibility index (Phi) is 6.23. The van der Waals surface area contributed by atoms with Crippen LogP contribution in [0.5, 0.6) is 0 Å². The number of nitrogens with two attached hydrogens (primary N) is 1. The summed E-state index contributed by atoms with van der Waals surface area (Å²) in [6.07, 6.45) is 3.96. The zero-order valence-corrected chi connectivity index (χ0v) is 13.2. The molecule has 0 atom stereocenters. The fourth-order valence-electron chi connectivity index (χ4n) is 2.32. The summed E-state index contributed by atoms with van der Waals surface area (Å²) in [5.41, 5.74) is 7.55. The van der Waals surface area contributed by atoms with Crippen LogP contribution in [-0.4, -0.2) is 43.1 Å². The number of hydrogen-bond donors (Lipinski definition) is 2. The standard InChI is InChI=1S/C16H23ClN4/c1-21(10-2-7-18)11-3-8-19-15-6-9-20-16-12-13(17)4-5-14(15)16/h4-6,9,12H,2-3,7-8,10-11,18H2,1H3,(H,19,20). The molecule has 0 spiro atoms. The first-order chi connectivity index (χ1) is 10.2. The Morgan fingerprint density at radius 3 is 2.86 bits per heavy atom.